The molecule has 2 rings (SSSR count). The molecule has 2 aromatic rings. The van der Waals surface area contributed by atoms with Crippen LogP contribution in [-0.4, -0.2) is 28.9 Å². The molecule has 7 nitrogen and oxygen atoms in total. The highest BCUT2D eigenvalue weighted by molar-refractivity contribution is 5.44. The number of benzene rings is 1. The van der Waals surface area contributed by atoms with Crippen LogP contribution in [0.25, 0.3) is 0 Å². The molecule has 19 heavy (non-hydrogen) atoms. The van der Waals surface area contributed by atoms with Crippen LogP contribution in [0.1, 0.15) is 24.4 Å². The Morgan fingerprint density at radius 2 is 2.16 bits per heavy atom. The lowest BCUT2D eigenvalue weighted by Gasteiger charge is -2.13. The second-order valence-electron chi connectivity index (χ2n) is 3.90. The predicted octanol–water partition coefficient (Wildman–Crippen LogP) is 0.842. The van der Waals surface area contributed by atoms with Crippen LogP contribution in [0.2, 0.25) is 0 Å². The van der Waals surface area contributed by atoms with Crippen molar-refractivity contribution in [2.24, 2.45) is 5.73 Å². The van der Waals surface area contributed by atoms with Gasteiger partial charge in [0.2, 0.25) is 5.95 Å². The van der Waals surface area contributed by atoms with Gasteiger partial charge in [-0.2, -0.15) is 4.98 Å². The van der Waals surface area contributed by atoms with Gasteiger partial charge in [0.15, 0.2) is 11.5 Å². The third-order valence-electron chi connectivity index (χ3n) is 2.66. The Hall–Kier alpha value is -2.28. The number of H-pyrrole nitrogens is 1. The second kappa shape index (κ2) is 5.57. The fourth-order valence-electron chi connectivity index (χ4n) is 1.74. The van der Waals surface area contributed by atoms with Crippen molar-refractivity contribution in [3.8, 4) is 11.5 Å². The van der Waals surface area contributed by atoms with E-state index in [0.29, 0.717) is 23.9 Å². The molecule has 0 saturated carbocycles. The van der Waals surface area contributed by atoms with E-state index < -0.39 is 6.04 Å². The molecule has 0 aliphatic heterocycles. The summed E-state index contributed by atoms with van der Waals surface area (Å²) >= 11 is 0. The summed E-state index contributed by atoms with van der Waals surface area (Å²) in [5.41, 5.74) is 12.4. The molecular weight excluding hydrogens is 246 g/mol. The molecule has 0 spiro atoms. The molecule has 0 unspecified atom stereocenters. The highest BCUT2D eigenvalue weighted by atomic mass is 16.5. The summed E-state index contributed by atoms with van der Waals surface area (Å²) in [6, 6.07) is 5.04. The van der Waals surface area contributed by atoms with Crippen molar-refractivity contribution in [1.82, 2.24) is 15.2 Å². The minimum absolute atomic E-state index is 0.170. The molecule has 0 fully saturated rings. The SMILES string of the molecule is CCOc1ccc([C@@H](N)c2nc(N)n[nH]2)cc1OC. The number of nitrogens with zero attached hydrogens (tertiary/aromatic N) is 2. The number of rotatable bonds is 5. The molecule has 1 atom stereocenters. The maximum atomic E-state index is 6.09. The second-order valence-corrected chi connectivity index (χ2v) is 3.90. The van der Waals surface area contributed by atoms with Gasteiger partial charge in [0.25, 0.3) is 0 Å². The summed E-state index contributed by atoms with van der Waals surface area (Å²) < 4.78 is 10.7. The molecule has 0 radical (unpaired) electrons. The average Bonchev–Trinajstić information content (AvgIpc) is 2.85. The smallest absolute Gasteiger partial charge is 0.239 e. The number of aromatic nitrogens is 3. The monoisotopic (exact) mass is 263 g/mol. The lowest BCUT2D eigenvalue weighted by Crippen LogP contribution is -2.14. The first-order chi connectivity index (χ1) is 9.15. The van der Waals surface area contributed by atoms with Crippen molar-refractivity contribution < 1.29 is 9.47 Å². The molecule has 1 aromatic heterocycles. The molecule has 1 aromatic carbocycles. The van der Waals surface area contributed by atoms with Crippen molar-refractivity contribution in [3.63, 3.8) is 0 Å². The normalized spacial score (nSPS) is 12.2. The highest BCUT2D eigenvalue weighted by Crippen LogP contribution is 2.30. The quantitative estimate of drug-likeness (QED) is 0.737. The summed E-state index contributed by atoms with van der Waals surface area (Å²) in [7, 11) is 1.58. The van der Waals surface area contributed by atoms with Crippen molar-refractivity contribution >= 4 is 5.95 Å². The van der Waals surface area contributed by atoms with Gasteiger partial charge in [0.05, 0.1) is 19.8 Å². The molecule has 1 heterocycles. The van der Waals surface area contributed by atoms with Gasteiger partial charge in [0, 0.05) is 0 Å². The number of nitrogens with one attached hydrogen (secondary N) is 1. The maximum absolute atomic E-state index is 6.09. The van der Waals surface area contributed by atoms with Gasteiger partial charge in [-0.3, -0.25) is 5.10 Å². The van der Waals surface area contributed by atoms with E-state index in [2.05, 4.69) is 15.2 Å². The van der Waals surface area contributed by atoms with Gasteiger partial charge in [-0.05, 0) is 24.6 Å². The summed E-state index contributed by atoms with van der Waals surface area (Å²) in [6.07, 6.45) is 0. The fourth-order valence-corrected chi connectivity index (χ4v) is 1.74. The van der Waals surface area contributed by atoms with Gasteiger partial charge in [-0.25, -0.2) is 0 Å². The van der Waals surface area contributed by atoms with Gasteiger partial charge in [0.1, 0.15) is 5.82 Å². The molecule has 102 valence electrons. The topological polar surface area (TPSA) is 112 Å². The number of ether oxygens (including phenoxy) is 2. The molecule has 7 heteroatoms. The van der Waals surface area contributed by atoms with E-state index >= 15 is 0 Å². The molecular formula is C12H17N5O2. The molecule has 0 aliphatic rings. The Morgan fingerprint density at radius 3 is 2.74 bits per heavy atom. The summed E-state index contributed by atoms with van der Waals surface area (Å²) in [5, 5.41) is 6.46. The molecule has 0 aliphatic carbocycles. The number of hydrogen-bond donors (Lipinski definition) is 3. The fraction of sp³-hybridized carbons (Fsp3) is 0.333. The van der Waals surface area contributed by atoms with Crippen molar-refractivity contribution in [3.05, 3.63) is 29.6 Å². The Bertz CT molecular complexity index is 555. The Kier molecular flexibility index (Phi) is 3.86. The minimum atomic E-state index is -0.450. The number of methoxy groups -OCH3 is 1. The van der Waals surface area contributed by atoms with Gasteiger partial charge in [-0.15, -0.1) is 5.10 Å². The Morgan fingerprint density at radius 1 is 1.37 bits per heavy atom. The predicted molar refractivity (Wildman–Crippen MR) is 71.0 cm³/mol. The zero-order valence-electron chi connectivity index (χ0n) is 10.9. The Balaban J connectivity index is 2.30. The minimum Gasteiger partial charge on any atom is -0.493 e. The Labute approximate surface area is 110 Å². The van der Waals surface area contributed by atoms with Gasteiger partial charge >= 0.3 is 0 Å². The molecule has 0 bridgehead atoms. The standard InChI is InChI=1S/C12H17N5O2/c1-3-19-8-5-4-7(6-9(8)18-2)10(13)11-15-12(14)17-16-11/h4-6,10H,3,13H2,1-2H3,(H3,14,15,16,17)/t10-/m1/s1. The average molecular weight is 263 g/mol. The lowest BCUT2D eigenvalue weighted by atomic mass is 10.1. The van der Waals surface area contributed by atoms with E-state index in [4.69, 9.17) is 20.9 Å². The van der Waals surface area contributed by atoms with Gasteiger partial charge in [-0.1, -0.05) is 6.07 Å². The van der Waals surface area contributed by atoms with E-state index in [0.717, 1.165) is 5.56 Å². The van der Waals surface area contributed by atoms with Crippen LogP contribution in [0.15, 0.2) is 18.2 Å². The molecule has 0 saturated heterocycles. The molecule has 0 amide bonds. The zero-order valence-corrected chi connectivity index (χ0v) is 10.9. The van der Waals surface area contributed by atoms with Crippen molar-refractivity contribution in [1.29, 1.82) is 0 Å². The first-order valence-corrected chi connectivity index (χ1v) is 5.89. The van der Waals surface area contributed by atoms with Crippen LogP contribution in [-0.2, 0) is 0 Å². The highest BCUT2D eigenvalue weighted by Gasteiger charge is 2.15. The number of hydrogen-bond acceptors (Lipinski definition) is 6. The summed E-state index contributed by atoms with van der Waals surface area (Å²) in [4.78, 5) is 4.02. The van der Waals surface area contributed by atoms with E-state index in [-0.39, 0.29) is 5.95 Å². The zero-order chi connectivity index (χ0) is 13.8. The number of anilines is 1. The first-order valence-electron chi connectivity index (χ1n) is 5.89. The van der Waals surface area contributed by atoms with Crippen LogP contribution in [0.5, 0.6) is 11.5 Å². The van der Waals surface area contributed by atoms with Crippen LogP contribution in [0.4, 0.5) is 5.95 Å². The third-order valence-corrected chi connectivity index (χ3v) is 2.66. The number of nitrogens with two attached hydrogens (primary N) is 2. The van der Waals surface area contributed by atoms with Crippen LogP contribution in [0, 0.1) is 0 Å². The van der Waals surface area contributed by atoms with Crippen molar-refractivity contribution in [2.75, 3.05) is 19.5 Å². The number of aromatic amines is 1. The van der Waals surface area contributed by atoms with Crippen molar-refractivity contribution in [2.45, 2.75) is 13.0 Å². The lowest BCUT2D eigenvalue weighted by molar-refractivity contribution is 0.310. The van der Waals surface area contributed by atoms with E-state index in [1.165, 1.54) is 0 Å². The van der Waals surface area contributed by atoms with E-state index in [1.807, 2.05) is 25.1 Å². The number of nitrogen functional groups attached to an aromatic ring is 1. The summed E-state index contributed by atoms with van der Waals surface area (Å²) in [6.45, 7) is 2.48. The first kappa shape index (κ1) is 13.2. The van der Waals surface area contributed by atoms with Crippen LogP contribution in [0.3, 0.4) is 0 Å². The largest absolute Gasteiger partial charge is 0.493 e. The van der Waals surface area contributed by atoms with Gasteiger partial charge < -0.3 is 20.9 Å². The van der Waals surface area contributed by atoms with E-state index in [9.17, 15) is 0 Å². The van der Waals surface area contributed by atoms with Crippen LogP contribution < -0.4 is 20.9 Å². The maximum Gasteiger partial charge on any atom is 0.239 e. The van der Waals surface area contributed by atoms with E-state index in [1.54, 1.807) is 7.11 Å². The summed E-state index contributed by atoms with van der Waals surface area (Å²) in [5.74, 6) is 1.98. The molecule has 5 N–H and O–H groups in total. The third kappa shape index (κ3) is 2.76. The van der Waals surface area contributed by atoms with Crippen LogP contribution >= 0.6 is 0 Å².